The van der Waals surface area contributed by atoms with E-state index in [2.05, 4.69) is 5.32 Å². The number of ether oxygens (including phenoxy) is 1. The zero-order chi connectivity index (χ0) is 25.3. The fourth-order valence-corrected chi connectivity index (χ4v) is 5.60. The molecule has 1 amide bonds. The number of carbonyl (C=O) groups excluding carboxylic acids is 1. The molecule has 0 unspecified atom stereocenters. The second-order valence-corrected chi connectivity index (χ2v) is 10.9. The molecule has 0 aliphatic carbocycles. The molecule has 0 aliphatic heterocycles. The Morgan fingerprint density at radius 1 is 1.00 bits per heavy atom. The molecular weight excluding hydrogens is 487 g/mol. The molecule has 3 rings (SSSR count). The van der Waals surface area contributed by atoms with E-state index in [1.807, 2.05) is 6.92 Å². The third-order valence-electron chi connectivity index (χ3n) is 5.23. The van der Waals surface area contributed by atoms with E-state index in [9.17, 15) is 17.6 Å². The number of rotatable bonds is 12. The van der Waals surface area contributed by atoms with Gasteiger partial charge in [-0.05, 0) is 73.2 Å². The van der Waals surface area contributed by atoms with Gasteiger partial charge < -0.3 is 10.1 Å². The minimum Gasteiger partial charge on any atom is -0.497 e. The number of benzene rings is 3. The summed E-state index contributed by atoms with van der Waals surface area (Å²) < 4.78 is 46.0. The van der Waals surface area contributed by atoms with Crippen molar-refractivity contribution < 1.29 is 22.3 Å². The molecule has 35 heavy (non-hydrogen) atoms. The van der Waals surface area contributed by atoms with Gasteiger partial charge in [0.25, 0.3) is 10.0 Å². The zero-order valence-corrected chi connectivity index (χ0v) is 21.4. The van der Waals surface area contributed by atoms with Crippen LogP contribution < -0.4 is 14.4 Å². The van der Waals surface area contributed by atoms with Crippen molar-refractivity contribution in [2.45, 2.75) is 24.0 Å². The lowest BCUT2D eigenvalue weighted by molar-refractivity contribution is -0.119. The third-order valence-corrected chi connectivity index (χ3v) is 8.13. The highest BCUT2D eigenvalue weighted by Crippen LogP contribution is 2.26. The van der Waals surface area contributed by atoms with E-state index in [4.69, 9.17) is 4.74 Å². The summed E-state index contributed by atoms with van der Waals surface area (Å²) in [4.78, 5) is 12.8. The summed E-state index contributed by atoms with van der Waals surface area (Å²) in [6, 6.07) is 19.5. The van der Waals surface area contributed by atoms with Crippen LogP contribution in [0.5, 0.6) is 5.75 Å². The summed E-state index contributed by atoms with van der Waals surface area (Å²) in [6.07, 6.45) is 0.727. The Morgan fingerprint density at radius 3 is 2.29 bits per heavy atom. The first-order valence-electron chi connectivity index (χ1n) is 11.1. The number of halogens is 1. The molecule has 0 radical (unpaired) electrons. The van der Waals surface area contributed by atoms with Crippen LogP contribution in [0.2, 0.25) is 0 Å². The highest BCUT2D eigenvalue weighted by molar-refractivity contribution is 7.98. The van der Waals surface area contributed by atoms with Gasteiger partial charge in [0, 0.05) is 12.3 Å². The maximum atomic E-state index is 13.4. The largest absolute Gasteiger partial charge is 0.497 e. The first-order valence-corrected chi connectivity index (χ1v) is 13.7. The summed E-state index contributed by atoms with van der Waals surface area (Å²) in [6.45, 7) is 1.96. The standard InChI is InChI=1S/C26H29FN2O4S2/c1-20-4-14-25(15-5-20)35(31,32)29(23-10-12-24(33-2)13-11-23)18-26(30)28-16-3-17-34-19-21-6-8-22(27)9-7-21/h4-15H,3,16-19H2,1-2H3,(H,28,30). The maximum absolute atomic E-state index is 13.4. The van der Waals surface area contributed by atoms with Crippen LogP contribution in [0.4, 0.5) is 10.1 Å². The number of anilines is 1. The Labute approximate surface area is 210 Å². The van der Waals surface area contributed by atoms with Crippen LogP contribution in [0.1, 0.15) is 17.5 Å². The molecule has 3 aromatic carbocycles. The van der Waals surface area contributed by atoms with Gasteiger partial charge in [0.05, 0.1) is 17.7 Å². The van der Waals surface area contributed by atoms with E-state index in [1.165, 1.54) is 31.4 Å². The molecule has 0 saturated carbocycles. The third kappa shape index (κ3) is 7.73. The van der Waals surface area contributed by atoms with Gasteiger partial charge in [0.1, 0.15) is 18.1 Å². The minimum atomic E-state index is -3.96. The molecule has 0 spiro atoms. The SMILES string of the molecule is COc1ccc(N(CC(=O)NCCCSCc2ccc(F)cc2)S(=O)(=O)c2ccc(C)cc2)cc1. The molecule has 0 heterocycles. The molecule has 186 valence electrons. The summed E-state index contributed by atoms with van der Waals surface area (Å²) in [5, 5.41) is 2.81. The fraction of sp³-hybridized carbons (Fsp3) is 0.269. The van der Waals surface area contributed by atoms with Crippen molar-refractivity contribution in [1.29, 1.82) is 0 Å². The summed E-state index contributed by atoms with van der Waals surface area (Å²) in [5.74, 6) is 1.51. The average molecular weight is 517 g/mol. The van der Waals surface area contributed by atoms with Gasteiger partial charge in [0.2, 0.25) is 5.91 Å². The molecule has 0 aromatic heterocycles. The van der Waals surface area contributed by atoms with Crippen LogP contribution in [-0.2, 0) is 20.6 Å². The van der Waals surface area contributed by atoms with E-state index in [0.29, 0.717) is 18.0 Å². The van der Waals surface area contributed by atoms with Crippen LogP contribution in [0.15, 0.2) is 77.7 Å². The molecule has 6 nitrogen and oxygen atoms in total. The number of carbonyl (C=O) groups is 1. The molecule has 9 heteroatoms. The van der Waals surface area contributed by atoms with Crippen LogP contribution in [-0.4, -0.2) is 40.3 Å². The van der Waals surface area contributed by atoms with Crippen molar-refractivity contribution in [2.75, 3.05) is 30.3 Å². The number of thioether (sulfide) groups is 1. The number of amides is 1. The fourth-order valence-electron chi connectivity index (χ4n) is 3.26. The number of sulfonamides is 1. The Morgan fingerprint density at radius 2 is 1.66 bits per heavy atom. The van der Waals surface area contributed by atoms with Crippen molar-refractivity contribution in [1.82, 2.24) is 5.32 Å². The van der Waals surface area contributed by atoms with Crippen LogP contribution in [0.25, 0.3) is 0 Å². The zero-order valence-electron chi connectivity index (χ0n) is 19.7. The maximum Gasteiger partial charge on any atom is 0.264 e. The lowest BCUT2D eigenvalue weighted by atomic mass is 10.2. The predicted octanol–water partition coefficient (Wildman–Crippen LogP) is 4.78. The number of nitrogens with zero attached hydrogens (tertiary/aromatic N) is 1. The quantitative estimate of drug-likeness (QED) is 0.351. The van der Waals surface area contributed by atoms with Crippen molar-refractivity contribution in [3.8, 4) is 5.75 Å². The van der Waals surface area contributed by atoms with Gasteiger partial charge in [-0.3, -0.25) is 9.10 Å². The van der Waals surface area contributed by atoms with E-state index in [1.54, 1.807) is 60.3 Å². The van der Waals surface area contributed by atoms with Gasteiger partial charge in [-0.15, -0.1) is 0 Å². The number of hydrogen-bond donors (Lipinski definition) is 1. The lowest BCUT2D eigenvalue weighted by Gasteiger charge is -2.24. The monoisotopic (exact) mass is 516 g/mol. The van der Waals surface area contributed by atoms with Crippen molar-refractivity contribution >= 4 is 33.4 Å². The number of nitrogens with one attached hydrogen (secondary N) is 1. The van der Waals surface area contributed by atoms with Crippen LogP contribution in [0.3, 0.4) is 0 Å². The number of methoxy groups -OCH3 is 1. The van der Waals surface area contributed by atoms with E-state index < -0.39 is 10.0 Å². The summed E-state index contributed by atoms with van der Waals surface area (Å²) in [5.41, 5.74) is 2.35. The van der Waals surface area contributed by atoms with Gasteiger partial charge in [0.15, 0.2) is 0 Å². The summed E-state index contributed by atoms with van der Waals surface area (Å²) >= 11 is 1.69. The number of hydrogen-bond acceptors (Lipinski definition) is 5. The Hall–Kier alpha value is -3.04. The molecule has 3 aromatic rings. The van der Waals surface area contributed by atoms with Crippen molar-refractivity contribution in [3.63, 3.8) is 0 Å². The second-order valence-electron chi connectivity index (χ2n) is 7.91. The van der Waals surface area contributed by atoms with Gasteiger partial charge in [-0.25, -0.2) is 12.8 Å². The topological polar surface area (TPSA) is 75.7 Å². The summed E-state index contributed by atoms with van der Waals surface area (Å²) in [7, 11) is -2.43. The Balaban J connectivity index is 1.59. The van der Waals surface area contributed by atoms with E-state index in [-0.39, 0.29) is 23.2 Å². The Bertz CT molecular complexity index is 1200. The van der Waals surface area contributed by atoms with Gasteiger partial charge >= 0.3 is 0 Å². The minimum absolute atomic E-state index is 0.115. The smallest absolute Gasteiger partial charge is 0.264 e. The predicted molar refractivity (Wildman–Crippen MR) is 139 cm³/mol. The van der Waals surface area contributed by atoms with E-state index >= 15 is 0 Å². The Kier molecular flexibility index (Phi) is 9.56. The highest BCUT2D eigenvalue weighted by Gasteiger charge is 2.27. The molecule has 0 saturated heterocycles. The first-order chi connectivity index (χ1) is 16.8. The number of aryl methyl sites for hydroxylation is 1. The molecular formula is C26H29FN2O4S2. The highest BCUT2D eigenvalue weighted by atomic mass is 32.2. The van der Waals surface area contributed by atoms with Crippen LogP contribution in [0, 0.1) is 12.7 Å². The van der Waals surface area contributed by atoms with E-state index in [0.717, 1.165) is 33.4 Å². The first kappa shape index (κ1) is 26.6. The molecule has 0 atom stereocenters. The second kappa shape index (κ2) is 12.6. The molecule has 0 aliphatic rings. The van der Waals surface area contributed by atoms with Crippen molar-refractivity contribution in [2.24, 2.45) is 0 Å². The van der Waals surface area contributed by atoms with Gasteiger partial charge in [-0.1, -0.05) is 29.8 Å². The van der Waals surface area contributed by atoms with Crippen LogP contribution >= 0.6 is 11.8 Å². The molecule has 0 fully saturated rings. The molecule has 1 N–H and O–H groups in total. The lowest BCUT2D eigenvalue weighted by Crippen LogP contribution is -2.41. The average Bonchev–Trinajstić information content (AvgIpc) is 2.86. The van der Waals surface area contributed by atoms with Gasteiger partial charge in [-0.2, -0.15) is 11.8 Å². The normalized spacial score (nSPS) is 11.2. The van der Waals surface area contributed by atoms with Crippen molar-refractivity contribution in [3.05, 3.63) is 89.7 Å². The molecule has 0 bridgehead atoms.